The summed E-state index contributed by atoms with van der Waals surface area (Å²) in [6, 6.07) is 21.9. The van der Waals surface area contributed by atoms with Crippen molar-refractivity contribution in [2.45, 2.75) is 74.8 Å². The lowest BCUT2D eigenvalue weighted by molar-refractivity contribution is -0.191. The lowest BCUT2D eigenvalue weighted by atomic mass is 9.71. The molecular formula is C52H58F4N4O8. The second-order valence-electron chi connectivity index (χ2n) is 18.6. The summed E-state index contributed by atoms with van der Waals surface area (Å²) in [6.45, 7) is 4.79. The Kier molecular flexibility index (Phi) is 15.0. The summed E-state index contributed by atoms with van der Waals surface area (Å²) < 4.78 is 82.7. The van der Waals surface area contributed by atoms with Crippen LogP contribution >= 0.6 is 0 Å². The summed E-state index contributed by atoms with van der Waals surface area (Å²) in [6.07, 6.45) is 3.77. The topological polar surface area (TPSA) is 118 Å². The van der Waals surface area contributed by atoms with Gasteiger partial charge < -0.3 is 38.5 Å². The van der Waals surface area contributed by atoms with Crippen molar-refractivity contribution in [3.05, 3.63) is 143 Å². The van der Waals surface area contributed by atoms with Crippen LogP contribution in [-0.4, -0.2) is 122 Å². The number of carbonyl (C=O) groups excluding carboxylic acids is 4. The van der Waals surface area contributed by atoms with Crippen LogP contribution in [0.15, 0.2) is 97.1 Å². The van der Waals surface area contributed by atoms with Gasteiger partial charge in [-0.25, -0.2) is 36.7 Å². The molecule has 2 amide bonds. The number of halogens is 4. The molecule has 4 fully saturated rings. The second kappa shape index (κ2) is 21.1. The van der Waals surface area contributed by atoms with Crippen LogP contribution in [0.5, 0.6) is 0 Å². The van der Waals surface area contributed by atoms with Crippen molar-refractivity contribution in [2.24, 2.45) is 11.8 Å². The molecule has 4 saturated heterocycles. The Labute approximate surface area is 394 Å². The molecule has 0 saturated carbocycles. The zero-order chi connectivity index (χ0) is 48.0. The molecule has 0 N–H and O–H groups in total. The Morgan fingerprint density at radius 2 is 0.794 bits per heavy atom. The minimum absolute atomic E-state index is 0.184. The third-order valence-electron chi connectivity index (χ3n) is 14.2. The fraction of sp³-hybridized carbons (Fsp3) is 0.462. The monoisotopic (exact) mass is 942 g/mol. The van der Waals surface area contributed by atoms with E-state index >= 15 is 0 Å². The molecule has 0 aromatic heterocycles. The predicted octanol–water partition coefficient (Wildman–Crippen LogP) is 8.40. The van der Waals surface area contributed by atoms with Gasteiger partial charge in [0.15, 0.2) is 11.2 Å². The number of carbonyl (C=O) groups is 4. The zero-order valence-electron chi connectivity index (χ0n) is 38.4. The van der Waals surface area contributed by atoms with Crippen LogP contribution in [0.1, 0.15) is 73.6 Å². The Morgan fingerprint density at radius 1 is 0.515 bits per heavy atom. The van der Waals surface area contributed by atoms with Gasteiger partial charge in [-0.2, -0.15) is 0 Å². The zero-order valence-corrected chi connectivity index (χ0v) is 38.4. The average Bonchev–Trinajstić information content (AvgIpc) is 3.84. The maximum absolute atomic E-state index is 14.9. The molecule has 4 aliphatic rings. The lowest BCUT2D eigenvalue weighted by Crippen LogP contribution is -2.50. The molecule has 8 rings (SSSR count). The van der Waals surface area contributed by atoms with Gasteiger partial charge in [-0.05, 0) is 139 Å². The van der Waals surface area contributed by atoms with Crippen LogP contribution in [-0.2, 0) is 39.7 Å². The van der Waals surface area contributed by atoms with Crippen LogP contribution in [0.25, 0.3) is 0 Å². The van der Waals surface area contributed by atoms with Gasteiger partial charge in [0.1, 0.15) is 35.5 Å². The number of hydrogen-bond acceptors (Lipinski definition) is 10. The summed E-state index contributed by atoms with van der Waals surface area (Å²) in [5.41, 5.74) is -1.98. The number of nitrogens with zero attached hydrogens (tertiary/aromatic N) is 4. The first-order valence-electron chi connectivity index (χ1n) is 23.5. The summed E-state index contributed by atoms with van der Waals surface area (Å²) in [5, 5.41) is 0. The van der Waals surface area contributed by atoms with Crippen LogP contribution in [0.2, 0.25) is 0 Å². The molecule has 4 aliphatic heterocycles. The fourth-order valence-electron chi connectivity index (χ4n) is 10.7. The number of ether oxygens (including phenoxy) is 4. The minimum atomic E-state index is -1.72. The first-order chi connectivity index (χ1) is 32.7. The number of esters is 2. The standard InChI is InChI=1S/C52H58F4N4O8/c1-57-33-45(65-49(57)63)5-3-27-59-29-23-39(24-30-59)51(35-7-15-41(53)16-8-35,36-9-17-42(54)18-10-36)67-47(61)48(62)68-52(37-11-19-43(55)20-12-37,38-13-21-44(56)22-14-38)40-25-31-60(32-26-40)28-4-6-46-34-58(2)50(64)66-46/h7-22,39-40,45-46H,3-6,23-34H2,1-2H3. The van der Waals surface area contributed by atoms with Gasteiger partial charge in [0, 0.05) is 48.2 Å². The van der Waals surface area contributed by atoms with Crippen molar-refractivity contribution in [3.8, 4) is 0 Å². The number of piperidine rings is 2. The largest absolute Gasteiger partial charge is 0.444 e. The van der Waals surface area contributed by atoms with Crippen LogP contribution in [0.4, 0.5) is 27.2 Å². The molecule has 4 heterocycles. The van der Waals surface area contributed by atoms with E-state index in [1.54, 1.807) is 23.9 Å². The number of likely N-dealkylation sites (N-methyl/N-ethyl adjacent to an activating group) is 2. The molecule has 0 aliphatic carbocycles. The van der Waals surface area contributed by atoms with Gasteiger partial charge in [-0.15, -0.1) is 0 Å². The number of cyclic esters (lactones) is 2. The summed E-state index contributed by atoms with van der Waals surface area (Å²) in [5.74, 6) is -5.85. The Hall–Kier alpha value is -6.00. The van der Waals surface area contributed by atoms with Gasteiger partial charge in [0.25, 0.3) is 0 Å². The van der Waals surface area contributed by atoms with Crippen molar-refractivity contribution in [2.75, 3.05) is 66.5 Å². The highest BCUT2D eigenvalue weighted by molar-refractivity contribution is 6.30. The summed E-state index contributed by atoms with van der Waals surface area (Å²) in [7, 11) is 3.40. The van der Waals surface area contributed by atoms with Gasteiger partial charge in [0.2, 0.25) is 0 Å². The molecule has 12 nitrogen and oxygen atoms in total. The quantitative estimate of drug-likeness (QED) is 0.0469. The SMILES string of the molecule is CN1CC(CCCN2CCC(C(OC(=O)C(=O)OC(c3ccc(F)cc3)(c3ccc(F)cc3)C3CCN(CCCC4CN(C)C(=O)O4)CC3)(c3ccc(F)cc3)c3ccc(F)cc3)CC2)OC1=O. The van der Waals surface area contributed by atoms with Crippen LogP contribution in [0.3, 0.4) is 0 Å². The van der Waals surface area contributed by atoms with E-state index in [1.807, 2.05) is 0 Å². The van der Waals surface area contributed by atoms with E-state index in [9.17, 15) is 36.7 Å². The number of likely N-dealkylation sites (tertiary alicyclic amines) is 2. The van der Waals surface area contributed by atoms with Gasteiger partial charge in [-0.1, -0.05) is 48.5 Å². The van der Waals surface area contributed by atoms with Crippen LogP contribution < -0.4 is 0 Å². The smallest absolute Gasteiger partial charge is 0.418 e. The van der Waals surface area contributed by atoms with E-state index < -0.39 is 58.2 Å². The predicted molar refractivity (Wildman–Crippen MR) is 242 cm³/mol. The van der Waals surface area contributed by atoms with Gasteiger partial charge in [0.05, 0.1) is 13.1 Å². The number of amides is 2. The van der Waals surface area contributed by atoms with Crippen molar-refractivity contribution in [1.29, 1.82) is 0 Å². The highest BCUT2D eigenvalue weighted by Crippen LogP contribution is 2.48. The maximum Gasteiger partial charge on any atom is 0.418 e. The maximum atomic E-state index is 14.9. The van der Waals surface area contributed by atoms with Crippen molar-refractivity contribution in [1.82, 2.24) is 19.6 Å². The Morgan fingerprint density at radius 3 is 1.04 bits per heavy atom. The number of benzene rings is 4. The third kappa shape index (κ3) is 10.7. The molecule has 0 radical (unpaired) electrons. The Bertz CT molecular complexity index is 2120. The first kappa shape index (κ1) is 48.5. The second-order valence-corrected chi connectivity index (χ2v) is 18.6. The lowest BCUT2D eigenvalue weighted by Gasteiger charge is -2.46. The number of hydrogen-bond donors (Lipinski definition) is 0. The summed E-state index contributed by atoms with van der Waals surface area (Å²) >= 11 is 0. The number of rotatable bonds is 16. The highest BCUT2D eigenvalue weighted by Gasteiger charge is 2.52. The Balaban J connectivity index is 1.08. The van der Waals surface area contributed by atoms with Crippen molar-refractivity contribution in [3.63, 3.8) is 0 Å². The van der Waals surface area contributed by atoms with E-state index in [0.717, 1.165) is 25.9 Å². The normalized spacial score (nSPS) is 20.1. The van der Waals surface area contributed by atoms with E-state index in [4.69, 9.17) is 18.9 Å². The molecule has 4 aromatic rings. The molecule has 362 valence electrons. The molecule has 0 bridgehead atoms. The minimum Gasteiger partial charge on any atom is -0.444 e. The molecule has 68 heavy (non-hydrogen) atoms. The molecule has 16 heteroatoms. The van der Waals surface area contributed by atoms with Crippen molar-refractivity contribution < 1.29 is 55.7 Å². The highest BCUT2D eigenvalue weighted by atomic mass is 19.1. The molecule has 0 spiro atoms. The van der Waals surface area contributed by atoms with Crippen molar-refractivity contribution >= 4 is 24.1 Å². The van der Waals surface area contributed by atoms with Crippen LogP contribution in [0, 0.1) is 35.1 Å². The summed E-state index contributed by atoms with van der Waals surface area (Å²) in [4.78, 5) is 61.1. The van der Waals surface area contributed by atoms with E-state index in [1.165, 1.54) is 97.1 Å². The first-order valence-corrected chi connectivity index (χ1v) is 23.5. The van der Waals surface area contributed by atoms with E-state index in [0.29, 0.717) is 100 Å². The molecule has 2 atom stereocenters. The molecular weight excluding hydrogens is 885 g/mol. The van der Waals surface area contributed by atoms with E-state index in [-0.39, 0.29) is 24.4 Å². The average molecular weight is 943 g/mol. The molecule has 4 aromatic carbocycles. The fourth-order valence-corrected chi connectivity index (χ4v) is 10.7. The third-order valence-corrected chi connectivity index (χ3v) is 14.2. The molecule has 2 unspecified atom stereocenters. The van der Waals surface area contributed by atoms with Gasteiger partial charge >= 0.3 is 24.1 Å². The van der Waals surface area contributed by atoms with Gasteiger partial charge in [-0.3, -0.25) is 0 Å². The van der Waals surface area contributed by atoms with E-state index in [2.05, 4.69) is 9.80 Å².